The number of nitrogens with two attached hydrogens (primary N) is 1. The molecule has 6 heteroatoms. The second kappa shape index (κ2) is 7.78. The zero-order chi connectivity index (χ0) is 14.3. The second-order valence-corrected chi connectivity index (χ2v) is 5.05. The average molecular weight is 329 g/mol. The number of hydrogen-bond acceptors (Lipinski definition) is 3. The zero-order valence-corrected chi connectivity index (χ0v) is 12.1. The molecule has 0 saturated heterocycles. The van der Waals surface area contributed by atoms with Crippen LogP contribution in [-0.2, 0) is 4.79 Å². The van der Waals surface area contributed by atoms with Crippen LogP contribution in [0.15, 0.2) is 22.7 Å². The maximum atomic E-state index is 11.8. The Balaban J connectivity index is 2.27. The van der Waals surface area contributed by atoms with Crippen LogP contribution in [0.4, 0.5) is 5.69 Å². The standard InChI is InChI=1S/C13H17BrN2O3/c14-10-6-5-9(8-11(10)15)13(19)16-7-3-1-2-4-12(17)18/h5-6,8H,1-4,7,15H2,(H,16,19)(H,17,18). The largest absolute Gasteiger partial charge is 0.481 e. The fourth-order valence-corrected chi connectivity index (χ4v) is 1.81. The Morgan fingerprint density at radius 1 is 1.26 bits per heavy atom. The first kappa shape index (κ1) is 15.5. The van der Waals surface area contributed by atoms with E-state index < -0.39 is 5.97 Å². The van der Waals surface area contributed by atoms with E-state index in [1.807, 2.05) is 0 Å². The number of carbonyl (C=O) groups excluding carboxylic acids is 1. The third kappa shape index (κ3) is 5.74. The van der Waals surface area contributed by atoms with E-state index in [0.717, 1.165) is 17.3 Å². The lowest BCUT2D eigenvalue weighted by Crippen LogP contribution is -2.24. The number of unbranched alkanes of at least 4 members (excludes halogenated alkanes) is 2. The molecular formula is C13H17BrN2O3. The molecular weight excluding hydrogens is 312 g/mol. The number of nitrogens with one attached hydrogen (secondary N) is 1. The molecule has 0 aliphatic carbocycles. The van der Waals surface area contributed by atoms with Crippen LogP contribution in [0, 0.1) is 0 Å². The molecule has 0 aliphatic rings. The fraction of sp³-hybridized carbons (Fsp3) is 0.385. The Morgan fingerprint density at radius 2 is 2.00 bits per heavy atom. The molecule has 1 aromatic rings. The molecule has 19 heavy (non-hydrogen) atoms. The summed E-state index contributed by atoms with van der Waals surface area (Å²) in [5.74, 6) is -0.952. The van der Waals surface area contributed by atoms with Gasteiger partial charge in [-0.1, -0.05) is 6.42 Å². The van der Waals surface area contributed by atoms with Gasteiger partial charge in [0.2, 0.25) is 0 Å². The lowest BCUT2D eigenvalue weighted by molar-refractivity contribution is -0.137. The molecule has 4 N–H and O–H groups in total. The molecule has 0 radical (unpaired) electrons. The monoisotopic (exact) mass is 328 g/mol. The van der Waals surface area contributed by atoms with Gasteiger partial charge in [0, 0.05) is 28.7 Å². The van der Waals surface area contributed by atoms with E-state index in [1.54, 1.807) is 18.2 Å². The van der Waals surface area contributed by atoms with E-state index >= 15 is 0 Å². The summed E-state index contributed by atoms with van der Waals surface area (Å²) >= 11 is 3.27. The highest BCUT2D eigenvalue weighted by Gasteiger charge is 2.06. The quantitative estimate of drug-likeness (QED) is 0.529. The molecule has 0 saturated carbocycles. The normalized spacial score (nSPS) is 10.2. The highest BCUT2D eigenvalue weighted by atomic mass is 79.9. The van der Waals surface area contributed by atoms with Gasteiger partial charge in [-0.05, 0) is 47.0 Å². The topological polar surface area (TPSA) is 92.4 Å². The van der Waals surface area contributed by atoms with E-state index in [-0.39, 0.29) is 12.3 Å². The summed E-state index contributed by atoms with van der Waals surface area (Å²) in [6, 6.07) is 5.04. The van der Waals surface area contributed by atoms with Crippen LogP contribution in [0.3, 0.4) is 0 Å². The van der Waals surface area contributed by atoms with Gasteiger partial charge in [-0.15, -0.1) is 0 Å². The van der Waals surface area contributed by atoms with Gasteiger partial charge in [-0.25, -0.2) is 0 Å². The summed E-state index contributed by atoms with van der Waals surface area (Å²) in [5.41, 5.74) is 6.74. The maximum absolute atomic E-state index is 11.8. The molecule has 0 heterocycles. The van der Waals surface area contributed by atoms with Crippen molar-refractivity contribution in [2.45, 2.75) is 25.7 Å². The molecule has 0 aromatic heterocycles. The van der Waals surface area contributed by atoms with Gasteiger partial charge in [-0.2, -0.15) is 0 Å². The van der Waals surface area contributed by atoms with Crippen molar-refractivity contribution in [3.05, 3.63) is 28.2 Å². The Kier molecular flexibility index (Phi) is 6.35. The summed E-state index contributed by atoms with van der Waals surface area (Å²) in [6.07, 6.45) is 2.37. The molecule has 0 spiro atoms. The molecule has 104 valence electrons. The molecule has 0 aliphatic heterocycles. The number of carboxylic acid groups (broad SMARTS) is 1. The molecule has 1 aromatic carbocycles. The zero-order valence-electron chi connectivity index (χ0n) is 10.5. The van der Waals surface area contributed by atoms with Crippen molar-refractivity contribution in [1.82, 2.24) is 5.32 Å². The van der Waals surface area contributed by atoms with Gasteiger partial charge in [0.25, 0.3) is 5.91 Å². The number of rotatable bonds is 7. The minimum absolute atomic E-state index is 0.169. The Labute approximate surface area is 120 Å². The number of carbonyl (C=O) groups is 2. The van der Waals surface area contributed by atoms with E-state index in [1.165, 1.54) is 0 Å². The molecule has 0 bridgehead atoms. The van der Waals surface area contributed by atoms with Crippen LogP contribution < -0.4 is 11.1 Å². The van der Waals surface area contributed by atoms with Gasteiger partial charge >= 0.3 is 5.97 Å². The number of anilines is 1. The lowest BCUT2D eigenvalue weighted by Gasteiger charge is -2.06. The first-order valence-corrected chi connectivity index (χ1v) is 6.85. The van der Waals surface area contributed by atoms with E-state index in [4.69, 9.17) is 10.8 Å². The van der Waals surface area contributed by atoms with Crippen LogP contribution >= 0.6 is 15.9 Å². The third-order valence-corrected chi connectivity index (χ3v) is 3.33. The van der Waals surface area contributed by atoms with E-state index in [9.17, 15) is 9.59 Å². The van der Waals surface area contributed by atoms with Crippen molar-refractivity contribution >= 4 is 33.5 Å². The van der Waals surface area contributed by atoms with E-state index in [0.29, 0.717) is 24.2 Å². The predicted molar refractivity (Wildman–Crippen MR) is 77.0 cm³/mol. The molecule has 0 fully saturated rings. The number of benzene rings is 1. The molecule has 0 atom stereocenters. The van der Waals surface area contributed by atoms with Crippen molar-refractivity contribution in [2.24, 2.45) is 0 Å². The number of nitrogen functional groups attached to an aromatic ring is 1. The van der Waals surface area contributed by atoms with Crippen molar-refractivity contribution < 1.29 is 14.7 Å². The van der Waals surface area contributed by atoms with Crippen molar-refractivity contribution in [3.8, 4) is 0 Å². The molecule has 1 amide bonds. The summed E-state index contributed by atoms with van der Waals surface area (Å²) in [7, 11) is 0. The fourth-order valence-electron chi connectivity index (χ4n) is 1.57. The summed E-state index contributed by atoms with van der Waals surface area (Å²) in [5, 5.41) is 11.2. The second-order valence-electron chi connectivity index (χ2n) is 4.20. The smallest absolute Gasteiger partial charge is 0.303 e. The van der Waals surface area contributed by atoms with Gasteiger partial charge in [0.15, 0.2) is 0 Å². The number of aliphatic carboxylic acids is 1. The molecule has 0 unspecified atom stereocenters. The summed E-state index contributed by atoms with van der Waals surface area (Å²) in [4.78, 5) is 22.1. The SMILES string of the molecule is Nc1cc(C(=O)NCCCCCC(=O)O)ccc1Br. The van der Waals surface area contributed by atoms with Gasteiger partial charge < -0.3 is 16.2 Å². The van der Waals surface area contributed by atoms with Gasteiger partial charge in [0.1, 0.15) is 0 Å². The first-order valence-electron chi connectivity index (χ1n) is 6.05. The van der Waals surface area contributed by atoms with Crippen LogP contribution in [0.1, 0.15) is 36.0 Å². The van der Waals surface area contributed by atoms with E-state index in [2.05, 4.69) is 21.2 Å². The number of hydrogen-bond donors (Lipinski definition) is 3. The van der Waals surface area contributed by atoms with Crippen LogP contribution in [0.25, 0.3) is 0 Å². The predicted octanol–water partition coefficient (Wildman–Crippen LogP) is 2.41. The number of carboxylic acids is 1. The molecule has 1 rings (SSSR count). The van der Waals surface area contributed by atoms with Crippen LogP contribution in [0.5, 0.6) is 0 Å². The van der Waals surface area contributed by atoms with Crippen molar-refractivity contribution in [2.75, 3.05) is 12.3 Å². The Morgan fingerprint density at radius 3 is 2.63 bits per heavy atom. The van der Waals surface area contributed by atoms with Gasteiger partial charge in [-0.3, -0.25) is 9.59 Å². The average Bonchev–Trinajstić information content (AvgIpc) is 2.36. The third-order valence-electron chi connectivity index (χ3n) is 2.61. The Hall–Kier alpha value is -1.56. The first-order chi connectivity index (χ1) is 9.00. The highest BCUT2D eigenvalue weighted by Crippen LogP contribution is 2.20. The van der Waals surface area contributed by atoms with Gasteiger partial charge in [0.05, 0.1) is 0 Å². The lowest BCUT2D eigenvalue weighted by atomic mass is 10.1. The molecule has 5 nitrogen and oxygen atoms in total. The highest BCUT2D eigenvalue weighted by molar-refractivity contribution is 9.10. The van der Waals surface area contributed by atoms with Crippen LogP contribution in [0.2, 0.25) is 0 Å². The minimum atomic E-state index is -0.783. The van der Waals surface area contributed by atoms with Crippen molar-refractivity contribution in [1.29, 1.82) is 0 Å². The van der Waals surface area contributed by atoms with Crippen molar-refractivity contribution in [3.63, 3.8) is 0 Å². The van der Waals surface area contributed by atoms with Crippen LogP contribution in [-0.4, -0.2) is 23.5 Å². The number of halogens is 1. The minimum Gasteiger partial charge on any atom is -0.481 e. The Bertz CT molecular complexity index is 463. The maximum Gasteiger partial charge on any atom is 0.303 e. The summed E-state index contributed by atoms with van der Waals surface area (Å²) < 4.78 is 0.762. The summed E-state index contributed by atoms with van der Waals surface area (Å²) in [6.45, 7) is 0.536. The number of amides is 1.